The molecule has 0 saturated heterocycles. The van der Waals surface area contributed by atoms with Crippen LogP contribution in [0.15, 0.2) is 16.5 Å². The molecule has 0 spiro atoms. The highest BCUT2D eigenvalue weighted by Crippen LogP contribution is 2.24. The van der Waals surface area contributed by atoms with E-state index in [9.17, 15) is 20.0 Å². The molecule has 2 unspecified atom stereocenters. The van der Waals surface area contributed by atoms with Crippen LogP contribution in [-0.2, 0) is 0 Å². The lowest BCUT2D eigenvalue weighted by Gasteiger charge is -2.34. The third-order valence-corrected chi connectivity index (χ3v) is 3.49. The summed E-state index contributed by atoms with van der Waals surface area (Å²) in [5, 5.41) is 20.4. The number of furan rings is 1. The fourth-order valence-electron chi connectivity index (χ4n) is 2.41. The van der Waals surface area contributed by atoms with E-state index in [1.165, 1.54) is 11.0 Å². The molecule has 19 heavy (non-hydrogen) atoms. The molecule has 2 rings (SSSR count). The summed E-state index contributed by atoms with van der Waals surface area (Å²) in [6.07, 6.45) is 2.75. The van der Waals surface area contributed by atoms with Gasteiger partial charge in [0.1, 0.15) is 4.92 Å². The molecule has 1 aromatic heterocycles. The fourth-order valence-corrected chi connectivity index (χ4v) is 2.41. The number of nitro groups is 1. The number of nitrogens with zero attached hydrogens (tertiary/aromatic N) is 2. The lowest BCUT2D eigenvalue weighted by Crippen LogP contribution is -2.46. The van der Waals surface area contributed by atoms with Crippen molar-refractivity contribution < 1.29 is 19.2 Å². The summed E-state index contributed by atoms with van der Waals surface area (Å²) >= 11 is 0. The first kappa shape index (κ1) is 13.5. The van der Waals surface area contributed by atoms with Crippen molar-refractivity contribution in [1.29, 1.82) is 0 Å². The van der Waals surface area contributed by atoms with Gasteiger partial charge in [0.05, 0.1) is 18.2 Å². The van der Waals surface area contributed by atoms with E-state index in [0.717, 1.165) is 25.3 Å². The molecule has 1 heterocycles. The largest absolute Gasteiger partial charge is 0.433 e. The number of amides is 1. The molecule has 1 aromatic rings. The molecular weight excluding hydrogens is 252 g/mol. The molecule has 1 fully saturated rings. The normalized spacial score (nSPS) is 23.1. The number of carbonyl (C=O) groups is 1. The summed E-state index contributed by atoms with van der Waals surface area (Å²) in [6, 6.07) is 2.18. The van der Waals surface area contributed by atoms with Crippen molar-refractivity contribution in [1.82, 2.24) is 4.90 Å². The van der Waals surface area contributed by atoms with E-state index in [0.29, 0.717) is 6.42 Å². The minimum absolute atomic E-state index is 0.0769. The first-order chi connectivity index (χ1) is 9.00. The van der Waals surface area contributed by atoms with Crippen LogP contribution in [0.25, 0.3) is 0 Å². The zero-order valence-corrected chi connectivity index (χ0v) is 10.6. The number of rotatable bonds is 3. The second kappa shape index (κ2) is 5.40. The van der Waals surface area contributed by atoms with Gasteiger partial charge in [-0.3, -0.25) is 14.9 Å². The Hall–Kier alpha value is -1.89. The quantitative estimate of drug-likeness (QED) is 0.662. The molecule has 1 saturated carbocycles. The van der Waals surface area contributed by atoms with Crippen molar-refractivity contribution >= 4 is 11.8 Å². The van der Waals surface area contributed by atoms with Crippen molar-refractivity contribution in [3.8, 4) is 0 Å². The van der Waals surface area contributed by atoms with Gasteiger partial charge in [0.25, 0.3) is 5.91 Å². The molecule has 1 N–H and O–H groups in total. The Morgan fingerprint density at radius 3 is 2.74 bits per heavy atom. The smallest absolute Gasteiger partial charge is 0.395 e. The minimum Gasteiger partial charge on any atom is -0.395 e. The Bertz CT molecular complexity index is 484. The summed E-state index contributed by atoms with van der Waals surface area (Å²) < 4.78 is 4.88. The van der Waals surface area contributed by atoms with E-state index in [1.54, 1.807) is 7.05 Å². The summed E-state index contributed by atoms with van der Waals surface area (Å²) in [5.74, 6) is -0.980. The maximum absolute atomic E-state index is 12.1. The Morgan fingerprint density at radius 1 is 1.47 bits per heavy atom. The van der Waals surface area contributed by atoms with Crippen LogP contribution in [0.5, 0.6) is 0 Å². The molecule has 7 heteroatoms. The molecule has 0 radical (unpaired) electrons. The Balaban J connectivity index is 2.11. The predicted octanol–water partition coefficient (Wildman–Crippen LogP) is 1.56. The van der Waals surface area contributed by atoms with Crippen molar-refractivity contribution in [3.63, 3.8) is 0 Å². The standard InChI is InChI=1S/C12H16N2O5/c1-13(8-4-2-3-5-9(8)15)12(16)10-6-7-11(19-10)14(17)18/h6-9,15H,2-5H2,1H3. The van der Waals surface area contributed by atoms with E-state index < -0.39 is 22.8 Å². The molecule has 1 aliphatic rings. The number of aliphatic hydroxyl groups excluding tert-OH is 1. The molecule has 0 aromatic carbocycles. The van der Waals surface area contributed by atoms with Crippen molar-refractivity contribution in [2.75, 3.05) is 7.05 Å². The van der Waals surface area contributed by atoms with E-state index in [-0.39, 0.29) is 11.8 Å². The highest BCUT2D eigenvalue weighted by Gasteiger charge is 2.31. The van der Waals surface area contributed by atoms with Gasteiger partial charge in [-0.05, 0) is 18.9 Å². The highest BCUT2D eigenvalue weighted by atomic mass is 16.6. The summed E-state index contributed by atoms with van der Waals surface area (Å²) in [4.78, 5) is 23.4. The molecule has 2 atom stereocenters. The van der Waals surface area contributed by atoms with Crippen LogP contribution in [0.2, 0.25) is 0 Å². The predicted molar refractivity (Wildman–Crippen MR) is 65.7 cm³/mol. The van der Waals surface area contributed by atoms with Crippen molar-refractivity contribution in [2.45, 2.75) is 37.8 Å². The average molecular weight is 268 g/mol. The van der Waals surface area contributed by atoms with Gasteiger partial charge in [0.15, 0.2) is 5.76 Å². The van der Waals surface area contributed by atoms with Gasteiger partial charge >= 0.3 is 5.88 Å². The van der Waals surface area contributed by atoms with Gasteiger partial charge in [-0.1, -0.05) is 12.8 Å². The topological polar surface area (TPSA) is 96.8 Å². The number of aliphatic hydroxyl groups is 1. The lowest BCUT2D eigenvalue weighted by atomic mass is 9.91. The number of carbonyl (C=O) groups excluding carboxylic acids is 1. The third kappa shape index (κ3) is 2.76. The van der Waals surface area contributed by atoms with Crippen LogP contribution >= 0.6 is 0 Å². The van der Waals surface area contributed by atoms with E-state index in [4.69, 9.17) is 4.42 Å². The minimum atomic E-state index is -0.688. The maximum atomic E-state index is 12.1. The van der Waals surface area contributed by atoms with E-state index in [2.05, 4.69) is 0 Å². The second-order valence-electron chi connectivity index (χ2n) is 4.73. The Morgan fingerprint density at radius 2 is 2.16 bits per heavy atom. The van der Waals surface area contributed by atoms with Gasteiger partial charge in [-0.2, -0.15) is 0 Å². The van der Waals surface area contributed by atoms with Crippen LogP contribution < -0.4 is 0 Å². The fraction of sp³-hybridized carbons (Fsp3) is 0.583. The zero-order valence-electron chi connectivity index (χ0n) is 10.6. The zero-order chi connectivity index (χ0) is 14.0. The van der Waals surface area contributed by atoms with Crippen molar-refractivity contribution in [3.05, 3.63) is 28.0 Å². The van der Waals surface area contributed by atoms with Crippen LogP contribution in [0.4, 0.5) is 5.88 Å². The highest BCUT2D eigenvalue weighted by molar-refractivity contribution is 5.91. The monoisotopic (exact) mass is 268 g/mol. The molecule has 1 aliphatic carbocycles. The first-order valence-corrected chi connectivity index (χ1v) is 6.20. The summed E-state index contributed by atoms with van der Waals surface area (Å²) in [7, 11) is 1.58. The molecular formula is C12H16N2O5. The first-order valence-electron chi connectivity index (χ1n) is 6.20. The second-order valence-corrected chi connectivity index (χ2v) is 4.73. The van der Waals surface area contributed by atoms with Crippen LogP contribution in [0.3, 0.4) is 0 Å². The molecule has 1 amide bonds. The van der Waals surface area contributed by atoms with Crippen LogP contribution in [0.1, 0.15) is 36.2 Å². The van der Waals surface area contributed by atoms with Crippen molar-refractivity contribution in [2.24, 2.45) is 0 Å². The van der Waals surface area contributed by atoms with E-state index >= 15 is 0 Å². The third-order valence-electron chi connectivity index (χ3n) is 3.49. The Labute approximate surface area is 110 Å². The number of hydrogen-bond acceptors (Lipinski definition) is 5. The summed E-state index contributed by atoms with van der Waals surface area (Å²) in [6.45, 7) is 0. The molecule has 104 valence electrons. The molecule has 7 nitrogen and oxygen atoms in total. The number of likely N-dealkylation sites (N-methyl/N-ethyl adjacent to an activating group) is 1. The van der Waals surface area contributed by atoms with Crippen LogP contribution in [-0.4, -0.2) is 40.0 Å². The lowest BCUT2D eigenvalue weighted by molar-refractivity contribution is -0.402. The maximum Gasteiger partial charge on any atom is 0.433 e. The van der Waals surface area contributed by atoms with Gasteiger partial charge in [0.2, 0.25) is 0 Å². The Kier molecular flexibility index (Phi) is 3.84. The van der Waals surface area contributed by atoms with Gasteiger partial charge in [-0.15, -0.1) is 0 Å². The van der Waals surface area contributed by atoms with Crippen LogP contribution in [0, 0.1) is 10.1 Å². The number of hydrogen-bond donors (Lipinski definition) is 1. The van der Waals surface area contributed by atoms with Gasteiger partial charge in [-0.25, -0.2) is 0 Å². The average Bonchev–Trinajstić information content (AvgIpc) is 2.87. The molecule has 0 aliphatic heterocycles. The molecule has 0 bridgehead atoms. The summed E-state index contributed by atoms with van der Waals surface area (Å²) in [5.41, 5.74) is 0. The van der Waals surface area contributed by atoms with Gasteiger partial charge in [0, 0.05) is 7.05 Å². The SMILES string of the molecule is CN(C(=O)c1ccc([N+](=O)[O-])o1)C1CCCCC1O. The van der Waals surface area contributed by atoms with E-state index in [1.807, 2.05) is 0 Å². The van der Waals surface area contributed by atoms with Gasteiger partial charge < -0.3 is 14.4 Å².